The van der Waals surface area contributed by atoms with Crippen molar-refractivity contribution >= 4 is 5.91 Å². The summed E-state index contributed by atoms with van der Waals surface area (Å²) in [6.07, 6.45) is -2.22. The minimum Gasteiger partial charge on any atom is -0.406 e. The number of nitrogens with zero attached hydrogens (tertiary/aromatic N) is 3. The van der Waals surface area contributed by atoms with Crippen molar-refractivity contribution in [2.24, 2.45) is 5.73 Å². The largest absolute Gasteiger partial charge is 0.573 e. The molecule has 0 saturated carbocycles. The molecule has 0 aliphatic carbocycles. The fraction of sp³-hybridized carbons (Fsp3) is 0.333. The van der Waals surface area contributed by atoms with Crippen LogP contribution in [0.4, 0.5) is 13.2 Å². The molecule has 2 aromatic rings. The molecule has 2 rings (SSSR count). The lowest BCUT2D eigenvalue weighted by molar-refractivity contribution is -0.274. The Hall–Kier alpha value is -3.15. The molecule has 27 heavy (non-hydrogen) atoms. The third kappa shape index (κ3) is 6.26. The van der Waals surface area contributed by atoms with Gasteiger partial charge in [0.15, 0.2) is 0 Å². The zero-order valence-electron chi connectivity index (χ0n) is 14.2. The first-order valence-electron chi connectivity index (χ1n) is 8.14. The van der Waals surface area contributed by atoms with Crippen LogP contribution in [0.2, 0.25) is 0 Å². The fourth-order valence-corrected chi connectivity index (χ4v) is 2.54. The Bertz CT molecular complexity index is 817. The Morgan fingerprint density at radius 2 is 2.00 bits per heavy atom. The van der Waals surface area contributed by atoms with E-state index in [2.05, 4.69) is 21.0 Å². The number of carbonyl (C=O) groups excluding carboxylic acids is 1. The van der Waals surface area contributed by atoms with E-state index in [1.807, 2.05) is 0 Å². The lowest BCUT2D eigenvalue weighted by Gasteiger charge is -2.15. The Balaban J connectivity index is 2.19. The van der Waals surface area contributed by atoms with Gasteiger partial charge in [0.1, 0.15) is 11.7 Å². The number of carbonyl (C=O) groups is 1. The second-order valence-electron chi connectivity index (χ2n) is 5.77. The van der Waals surface area contributed by atoms with Gasteiger partial charge in [-0.1, -0.05) is 12.1 Å². The molecule has 1 amide bonds. The third-order valence-electron chi connectivity index (χ3n) is 3.72. The average Bonchev–Trinajstić information content (AvgIpc) is 2.59. The number of ether oxygens (including phenoxy) is 1. The van der Waals surface area contributed by atoms with E-state index in [-0.39, 0.29) is 11.3 Å². The number of halogens is 3. The molecule has 0 aliphatic rings. The Morgan fingerprint density at radius 1 is 1.22 bits per heavy atom. The van der Waals surface area contributed by atoms with Gasteiger partial charge in [-0.05, 0) is 49.1 Å². The molecule has 0 spiro atoms. The van der Waals surface area contributed by atoms with Crippen LogP contribution in [0.25, 0.3) is 0 Å². The lowest BCUT2D eigenvalue weighted by atomic mass is 9.94. The molecule has 0 fully saturated rings. The highest BCUT2D eigenvalue weighted by Gasteiger charge is 2.31. The molecule has 1 atom stereocenters. The Labute approximate surface area is 153 Å². The van der Waals surface area contributed by atoms with Gasteiger partial charge in [0.25, 0.3) is 0 Å². The van der Waals surface area contributed by atoms with E-state index in [0.29, 0.717) is 18.5 Å². The second-order valence-corrected chi connectivity index (χ2v) is 5.77. The van der Waals surface area contributed by atoms with Gasteiger partial charge in [-0.2, -0.15) is 15.5 Å². The van der Waals surface area contributed by atoms with E-state index in [1.54, 1.807) is 12.1 Å². The normalized spacial score (nSPS) is 12.2. The Kier molecular flexibility index (Phi) is 6.71. The zero-order valence-corrected chi connectivity index (χ0v) is 14.2. The minimum atomic E-state index is -4.84. The van der Waals surface area contributed by atoms with Crippen molar-refractivity contribution in [2.45, 2.75) is 38.0 Å². The number of rotatable bonds is 8. The predicted molar refractivity (Wildman–Crippen MR) is 89.4 cm³/mol. The number of alkyl halides is 3. The second kappa shape index (κ2) is 8.98. The van der Waals surface area contributed by atoms with Crippen molar-refractivity contribution in [1.82, 2.24) is 10.2 Å². The SMILES string of the molecule is N#CCCCCc1ccc(C(C(N)=O)c2cccc(OC(F)(F)F)c2)nn1. The van der Waals surface area contributed by atoms with Gasteiger partial charge in [0.05, 0.1) is 17.5 Å². The maximum atomic E-state index is 12.4. The van der Waals surface area contributed by atoms with Crippen molar-refractivity contribution in [3.63, 3.8) is 0 Å². The minimum absolute atomic E-state index is 0.223. The summed E-state index contributed by atoms with van der Waals surface area (Å²) in [4.78, 5) is 11.9. The number of aromatic nitrogens is 2. The van der Waals surface area contributed by atoms with Crippen LogP contribution >= 0.6 is 0 Å². The molecule has 2 N–H and O–H groups in total. The van der Waals surface area contributed by atoms with Crippen molar-refractivity contribution in [3.8, 4) is 11.8 Å². The Morgan fingerprint density at radius 3 is 2.59 bits per heavy atom. The number of unbranched alkanes of at least 4 members (excludes halogenated alkanes) is 2. The summed E-state index contributed by atoms with van der Waals surface area (Å²) in [5.41, 5.74) is 6.57. The van der Waals surface area contributed by atoms with Crippen LogP contribution in [-0.4, -0.2) is 22.5 Å². The summed E-state index contributed by atoms with van der Waals surface area (Å²) >= 11 is 0. The number of amides is 1. The van der Waals surface area contributed by atoms with Gasteiger partial charge < -0.3 is 10.5 Å². The first kappa shape index (κ1) is 20.2. The van der Waals surface area contributed by atoms with E-state index in [4.69, 9.17) is 11.0 Å². The van der Waals surface area contributed by atoms with Gasteiger partial charge in [-0.3, -0.25) is 4.79 Å². The highest BCUT2D eigenvalue weighted by atomic mass is 19.4. The van der Waals surface area contributed by atoms with Crippen molar-refractivity contribution in [2.75, 3.05) is 0 Å². The molecule has 142 valence electrons. The predicted octanol–water partition coefficient (Wildman–Crippen LogP) is 3.23. The first-order valence-corrected chi connectivity index (χ1v) is 8.14. The van der Waals surface area contributed by atoms with E-state index in [9.17, 15) is 18.0 Å². The smallest absolute Gasteiger partial charge is 0.406 e. The molecule has 9 heteroatoms. The number of nitriles is 1. The van der Waals surface area contributed by atoms with Crippen LogP contribution < -0.4 is 10.5 Å². The average molecular weight is 378 g/mol. The number of primary amides is 1. The zero-order chi connectivity index (χ0) is 19.9. The number of hydrogen-bond donors (Lipinski definition) is 1. The molecule has 1 aromatic carbocycles. The number of aryl methyl sites for hydroxylation is 1. The molecule has 0 bridgehead atoms. The summed E-state index contributed by atoms with van der Waals surface area (Å²) in [7, 11) is 0. The monoisotopic (exact) mass is 378 g/mol. The highest BCUT2D eigenvalue weighted by molar-refractivity contribution is 5.85. The molecule has 0 saturated heterocycles. The highest BCUT2D eigenvalue weighted by Crippen LogP contribution is 2.29. The van der Waals surface area contributed by atoms with Crippen molar-refractivity contribution < 1.29 is 22.7 Å². The van der Waals surface area contributed by atoms with Gasteiger partial charge in [-0.25, -0.2) is 0 Å². The van der Waals surface area contributed by atoms with Crippen molar-refractivity contribution in [3.05, 3.63) is 53.3 Å². The summed E-state index contributed by atoms with van der Waals surface area (Å²) in [6.45, 7) is 0. The van der Waals surface area contributed by atoms with Gasteiger partial charge >= 0.3 is 6.36 Å². The van der Waals surface area contributed by atoms with Gasteiger partial charge in [0, 0.05) is 6.42 Å². The van der Waals surface area contributed by atoms with Crippen LogP contribution in [-0.2, 0) is 11.2 Å². The maximum absolute atomic E-state index is 12.4. The van der Waals surface area contributed by atoms with Crippen molar-refractivity contribution in [1.29, 1.82) is 5.26 Å². The molecular formula is C18H17F3N4O2. The number of benzene rings is 1. The molecule has 6 nitrogen and oxygen atoms in total. The van der Waals surface area contributed by atoms with Gasteiger partial charge in [0.2, 0.25) is 5.91 Å². The summed E-state index contributed by atoms with van der Waals surface area (Å²) < 4.78 is 41.1. The van der Waals surface area contributed by atoms with Crippen LogP contribution in [0.1, 0.15) is 42.1 Å². The summed E-state index contributed by atoms with van der Waals surface area (Å²) in [6, 6.07) is 10.3. The fourth-order valence-electron chi connectivity index (χ4n) is 2.54. The maximum Gasteiger partial charge on any atom is 0.573 e. The number of nitrogens with two attached hydrogens (primary N) is 1. The topological polar surface area (TPSA) is 102 Å². The molecule has 1 heterocycles. The van der Waals surface area contributed by atoms with E-state index in [1.165, 1.54) is 12.1 Å². The standard InChI is InChI=1S/C18H17F3N4O2/c19-18(20,21)27-14-7-4-5-12(11-14)16(17(23)26)15-9-8-13(24-25-15)6-2-1-3-10-22/h4-5,7-9,11,16H,1-3,6H2,(H2,23,26). The molecule has 1 aromatic heterocycles. The van der Waals surface area contributed by atoms with Crippen LogP contribution in [0.15, 0.2) is 36.4 Å². The van der Waals surface area contributed by atoms with E-state index < -0.39 is 23.9 Å². The summed E-state index contributed by atoms with van der Waals surface area (Å²) in [5.74, 6) is -2.27. The number of hydrogen-bond acceptors (Lipinski definition) is 5. The molecule has 0 radical (unpaired) electrons. The van der Waals surface area contributed by atoms with E-state index >= 15 is 0 Å². The van der Waals surface area contributed by atoms with E-state index in [0.717, 1.165) is 25.0 Å². The summed E-state index contributed by atoms with van der Waals surface area (Å²) in [5, 5.41) is 16.5. The third-order valence-corrected chi connectivity index (χ3v) is 3.72. The quantitative estimate of drug-likeness (QED) is 0.711. The van der Waals surface area contributed by atoms with Gasteiger partial charge in [-0.15, -0.1) is 13.2 Å². The molecule has 1 unspecified atom stereocenters. The first-order chi connectivity index (χ1) is 12.8. The lowest BCUT2D eigenvalue weighted by Crippen LogP contribution is -2.24. The van der Waals surface area contributed by atoms with Crippen LogP contribution in [0.5, 0.6) is 5.75 Å². The molecule has 0 aliphatic heterocycles. The van der Waals surface area contributed by atoms with Crippen LogP contribution in [0.3, 0.4) is 0 Å². The van der Waals surface area contributed by atoms with Crippen LogP contribution in [0, 0.1) is 11.3 Å². The molecular weight excluding hydrogens is 361 g/mol.